The standard InChI is InChI=1S/C35H44F3NO5/c1-3-4-5-6-7-8-9-10-11-12-13-14-15-16-17-18-19-20-21-23-33(41)43-27-22-26-39-34(42)31-25-24-30(35(36,37)38)28-32(31)44-29(2)40/h4-5,7-8,10-11,13-14,16-17,19-20,24-25,28H,3,6,9,12,15,18,21-23,26-27H2,1-2H3,(H,39,42). The van der Waals surface area contributed by atoms with Gasteiger partial charge in [0.15, 0.2) is 0 Å². The second-order valence-corrected chi connectivity index (χ2v) is 9.59. The fourth-order valence-corrected chi connectivity index (χ4v) is 3.59. The van der Waals surface area contributed by atoms with Gasteiger partial charge in [-0.3, -0.25) is 14.4 Å². The number of amides is 1. The number of ether oxygens (including phenoxy) is 2. The topological polar surface area (TPSA) is 81.7 Å². The van der Waals surface area contributed by atoms with Crippen molar-refractivity contribution in [1.82, 2.24) is 5.32 Å². The average molecular weight is 616 g/mol. The van der Waals surface area contributed by atoms with Crippen LogP contribution in [0.4, 0.5) is 13.2 Å². The molecule has 0 bridgehead atoms. The van der Waals surface area contributed by atoms with Crippen LogP contribution in [0, 0.1) is 0 Å². The number of benzene rings is 1. The number of nitrogens with one attached hydrogen (secondary N) is 1. The lowest BCUT2D eigenvalue weighted by Gasteiger charge is -2.13. The number of carbonyl (C=O) groups excluding carboxylic acids is 3. The molecule has 240 valence electrons. The van der Waals surface area contributed by atoms with Crippen LogP contribution in [0.3, 0.4) is 0 Å². The molecule has 0 heterocycles. The number of esters is 2. The Morgan fingerprint density at radius 3 is 1.82 bits per heavy atom. The molecule has 0 aliphatic rings. The van der Waals surface area contributed by atoms with E-state index in [1.165, 1.54) is 0 Å². The molecule has 0 atom stereocenters. The minimum Gasteiger partial charge on any atom is -0.466 e. The molecule has 1 amide bonds. The average Bonchev–Trinajstić information content (AvgIpc) is 2.97. The summed E-state index contributed by atoms with van der Waals surface area (Å²) in [6, 6.07) is 2.29. The van der Waals surface area contributed by atoms with Crippen molar-refractivity contribution in [1.29, 1.82) is 0 Å². The maximum absolute atomic E-state index is 13.0. The Labute approximate surface area is 259 Å². The molecule has 1 aromatic rings. The third-order valence-electron chi connectivity index (χ3n) is 5.79. The van der Waals surface area contributed by atoms with Crippen molar-refractivity contribution in [3.05, 3.63) is 102 Å². The predicted octanol–water partition coefficient (Wildman–Crippen LogP) is 8.77. The third-order valence-corrected chi connectivity index (χ3v) is 5.79. The van der Waals surface area contributed by atoms with Gasteiger partial charge in [0.2, 0.25) is 0 Å². The second-order valence-electron chi connectivity index (χ2n) is 9.59. The van der Waals surface area contributed by atoms with Crippen LogP contribution in [-0.4, -0.2) is 31.0 Å². The highest BCUT2D eigenvalue weighted by Gasteiger charge is 2.32. The number of alkyl halides is 3. The van der Waals surface area contributed by atoms with Crippen molar-refractivity contribution in [2.75, 3.05) is 13.2 Å². The molecule has 1 N–H and O–H groups in total. The minimum absolute atomic E-state index is 0.0761. The lowest BCUT2D eigenvalue weighted by molar-refractivity contribution is -0.143. The van der Waals surface area contributed by atoms with E-state index in [-0.39, 0.29) is 31.1 Å². The summed E-state index contributed by atoms with van der Waals surface area (Å²) in [6.07, 6.45) is 27.4. The van der Waals surface area contributed by atoms with Crippen LogP contribution in [0.25, 0.3) is 0 Å². The quantitative estimate of drug-likeness (QED) is 0.0686. The smallest absolute Gasteiger partial charge is 0.416 e. The number of allylic oxidation sites excluding steroid dienone is 12. The lowest BCUT2D eigenvalue weighted by Crippen LogP contribution is -2.26. The Morgan fingerprint density at radius 1 is 0.795 bits per heavy atom. The van der Waals surface area contributed by atoms with E-state index in [9.17, 15) is 27.6 Å². The van der Waals surface area contributed by atoms with Crippen LogP contribution in [0.15, 0.2) is 91.1 Å². The van der Waals surface area contributed by atoms with Gasteiger partial charge in [-0.25, -0.2) is 0 Å². The highest BCUT2D eigenvalue weighted by atomic mass is 19.4. The molecule has 0 saturated carbocycles. The zero-order valence-corrected chi connectivity index (χ0v) is 25.6. The van der Waals surface area contributed by atoms with Crippen molar-refractivity contribution in [3.63, 3.8) is 0 Å². The van der Waals surface area contributed by atoms with Crippen molar-refractivity contribution in [3.8, 4) is 5.75 Å². The van der Waals surface area contributed by atoms with Crippen LogP contribution in [0.1, 0.15) is 87.6 Å². The summed E-state index contributed by atoms with van der Waals surface area (Å²) in [5, 5.41) is 2.52. The minimum atomic E-state index is -4.65. The number of hydrogen-bond acceptors (Lipinski definition) is 5. The summed E-state index contributed by atoms with van der Waals surface area (Å²) in [7, 11) is 0. The monoisotopic (exact) mass is 615 g/mol. The number of hydrogen-bond donors (Lipinski definition) is 1. The Bertz CT molecular complexity index is 1190. The molecular weight excluding hydrogens is 571 g/mol. The van der Waals surface area contributed by atoms with Gasteiger partial charge < -0.3 is 14.8 Å². The summed E-state index contributed by atoms with van der Waals surface area (Å²) in [5.41, 5.74) is -1.25. The molecule has 44 heavy (non-hydrogen) atoms. The van der Waals surface area contributed by atoms with Gasteiger partial charge in [-0.2, -0.15) is 13.2 Å². The van der Waals surface area contributed by atoms with Crippen molar-refractivity contribution in [2.45, 2.75) is 77.8 Å². The normalized spacial score (nSPS) is 12.5. The zero-order valence-electron chi connectivity index (χ0n) is 25.6. The molecule has 9 heteroatoms. The van der Waals surface area contributed by atoms with E-state index in [1.807, 2.05) is 12.2 Å². The van der Waals surface area contributed by atoms with E-state index >= 15 is 0 Å². The summed E-state index contributed by atoms with van der Waals surface area (Å²) < 4.78 is 48.8. The highest BCUT2D eigenvalue weighted by molar-refractivity contribution is 5.97. The van der Waals surface area contributed by atoms with Crippen molar-refractivity contribution >= 4 is 17.8 Å². The molecule has 6 nitrogen and oxygen atoms in total. The Hall–Kier alpha value is -4.14. The van der Waals surface area contributed by atoms with E-state index in [2.05, 4.69) is 73.0 Å². The predicted molar refractivity (Wildman–Crippen MR) is 168 cm³/mol. The molecule has 1 rings (SSSR count). The van der Waals surface area contributed by atoms with E-state index in [0.29, 0.717) is 18.9 Å². The number of halogens is 3. The largest absolute Gasteiger partial charge is 0.466 e. The maximum Gasteiger partial charge on any atom is 0.416 e. The number of carbonyl (C=O) groups is 3. The van der Waals surface area contributed by atoms with Gasteiger partial charge in [-0.15, -0.1) is 0 Å². The molecule has 0 saturated heterocycles. The first-order valence-electron chi connectivity index (χ1n) is 14.9. The van der Waals surface area contributed by atoms with Gasteiger partial charge in [-0.05, 0) is 69.6 Å². The molecule has 0 spiro atoms. The highest BCUT2D eigenvalue weighted by Crippen LogP contribution is 2.33. The summed E-state index contributed by atoms with van der Waals surface area (Å²) in [5.74, 6) is -2.41. The Kier molecular flexibility index (Phi) is 20.1. The van der Waals surface area contributed by atoms with E-state index in [1.54, 1.807) is 0 Å². The van der Waals surface area contributed by atoms with Gasteiger partial charge in [0.1, 0.15) is 5.75 Å². The lowest BCUT2D eigenvalue weighted by atomic mass is 10.1. The Balaban J connectivity index is 2.16. The fraction of sp³-hybridized carbons (Fsp3) is 0.400. The molecule has 0 unspecified atom stereocenters. The zero-order chi connectivity index (χ0) is 32.5. The third kappa shape index (κ3) is 19.1. The van der Waals surface area contributed by atoms with Crippen LogP contribution in [0.5, 0.6) is 5.75 Å². The van der Waals surface area contributed by atoms with Gasteiger partial charge in [-0.1, -0.05) is 79.8 Å². The second kappa shape index (κ2) is 23.3. The summed E-state index contributed by atoms with van der Waals surface area (Å²) in [6.45, 7) is 3.34. The van der Waals surface area contributed by atoms with E-state index in [4.69, 9.17) is 9.47 Å². The van der Waals surface area contributed by atoms with Gasteiger partial charge >= 0.3 is 18.1 Å². The van der Waals surface area contributed by atoms with Crippen LogP contribution < -0.4 is 10.1 Å². The maximum atomic E-state index is 13.0. The SMILES string of the molecule is CCC=CCC=CCC=CCC=CCC=CCC=CCCC(=O)OCCCNC(=O)c1ccc(C(F)(F)F)cc1OC(C)=O. The van der Waals surface area contributed by atoms with Crippen molar-refractivity contribution in [2.24, 2.45) is 0 Å². The molecule has 0 aliphatic carbocycles. The first-order chi connectivity index (χ1) is 21.1. The fourth-order valence-electron chi connectivity index (χ4n) is 3.59. The van der Waals surface area contributed by atoms with Crippen LogP contribution in [0.2, 0.25) is 0 Å². The molecular formula is C35H44F3NO5. The van der Waals surface area contributed by atoms with Crippen LogP contribution in [-0.2, 0) is 20.5 Å². The van der Waals surface area contributed by atoms with Gasteiger partial charge in [0, 0.05) is 19.9 Å². The summed E-state index contributed by atoms with van der Waals surface area (Å²) in [4.78, 5) is 35.5. The van der Waals surface area contributed by atoms with Crippen LogP contribution >= 0.6 is 0 Å². The number of rotatable bonds is 20. The molecule has 1 aromatic carbocycles. The van der Waals surface area contributed by atoms with Crippen molar-refractivity contribution < 1.29 is 37.0 Å². The first-order valence-corrected chi connectivity index (χ1v) is 14.9. The Morgan fingerprint density at radius 2 is 1.32 bits per heavy atom. The summed E-state index contributed by atoms with van der Waals surface area (Å²) >= 11 is 0. The van der Waals surface area contributed by atoms with Gasteiger partial charge in [0.05, 0.1) is 17.7 Å². The molecule has 0 aromatic heterocycles. The van der Waals surface area contributed by atoms with E-state index < -0.39 is 29.4 Å². The molecule has 0 radical (unpaired) electrons. The first kappa shape index (κ1) is 37.9. The van der Waals surface area contributed by atoms with E-state index in [0.717, 1.165) is 57.6 Å². The van der Waals surface area contributed by atoms with Gasteiger partial charge in [0.25, 0.3) is 5.91 Å². The molecule has 0 aliphatic heterocycles. The molecule has 0 fully saturated rings.